The fourth-order valence-electron chi connectivity index (χ4n) is 0. The number of aliphatic carboxylic acids is 1. The molecule has 0 amide bonds. The minimum atomic E-state index is -1.58. The minimum absolute atomic E-state index is 0.167. The molecule has 0 aromatic carbocycles. The molecular weight excluding hydrogens is 148 g/mol. The summed E-state index contributed by atoms with van der Waals surface area (Å²) in [6.45, 7) is 5.49. The monoisotopic (exact) mass is 162 g/mol. The van der Waals surface area contributed by atoms with Crippen LogP contribution in [0.4, 0.5) is 0 Å². The average Bonchev–Trinajstić information content (AvgIpc) is 1.59. The number of carbonyl (C=O) groups excluding carboxylic acids is 1. The average molecular weight is 162 g/mol. The van der Waals surface area contributed by atoms with Crippen molar-refractivity contribution in [2.75, 3.05) is 0 Å². The second-order valence-electron chi connectivity index (χ2n) is 2.77. The van der Waals surface area contributed by atoms with Crippen molar-refractivity contribution in [3.8, 4) is 0 Å². The van der Waals surface area contributed by atoms with Gasteiger partial charge in [0.25, 0.3) is 0 Å². The largest absolute Gasteiger partial charge is 0.479 e. The Labute approximate surface area is 65.8 Å². The lowest BCUT2D eigenvalue weighted by molar-refractivity contribution is -0.154. The van der Waals surface area contributed by atoms with Crippen molar-refractivity contribution in [2.45, 2.75) is 33.3 Å². The Morgan fingerprint density at radius 2 is 1.27 bits per heavy atom. The van der Waals surface area contributed by atoms with E-state index in [2.05, 4.69) is 0 Å². The Bertz CT molecular complexity index is 139. The molecule has 0 rings (SSSR count). The maximum absolute atomic E-state index is 9.77. The fraction of sp³-hybridized carbons (Fsp3) is 0.714. The van der Waals surface area contributed by atoms with Gasteiger partial charge in [-0.2, -0.15) is 0 Å². The predicted molar refractivity (Wildman–Crippen MR) is 40.3 cm³/mol. The van der Waals surface area contributed by atoms with Crippen LogP contribution in [-0.2, 0) is 9.59 Å². The molecule has 0 radical (unpaired) electrons. The molecule has 0 bridgehead atoms. The van der Waals surface area contributed by atoms with Crippen molar-refractivity contribution < 1.29 is 19.8 Å². The summed E-state index contributed by atoms with van der Waals surface area (Å²) >= 11 is 0. The molecule has 11 heavy (non-hydrogen) atoms. The van der Waals surface area contributed by atoms with E-state index in [1.165, 1.54) is 27.7 Å². The molecule has 4 heteroatoms. The number of ketones is 1. The highest BCUT2D eigenvalue weighted by molar-refractivity contribution is 5.75. The predicted octanol–water partition coefficient (Wildman–Crippen LogP) is 0.437. The molecule has 66 valence electrons. The topological polar surface area (TPSA) is 74.6 Å². The van der Waals surface area contributed by atoms with Gasteiger partial charge in [-0.25, -0.2) is 4.79 Å². The molecule has 0 aliphatic carbocycles. The van der Waals surface area contributed by atoms with Crippen molar-refractivity contribution in [3.63, 3.8) is 0 Å². The molecule has 0 atom stereocenters. The van der Waals surface area contributed by atoms with Crippen molar-refractivity contribution in [3.05, 3.63) is 0 Å². The molecule has 0 saturated heterocycles. The first-order chi connectivity index (χ1) is 4.68. The van der Waals surface area contributed by atoms with Gasteiger partial charge in [0.2, 0.25) is 0 Å². The summed E-state index contributed by atoms with van der Waals surface area (Å²) < 4.78 is 0. The number of carboxylic acids is 1. The van der Waals surface area contributed by atoms with Crippen molar-refractivity contribution in [1.82, 2.24) is 0 Å². The summed E-state index contributed by atoms with van der Waals surface area (Å²) in [5, 5.41) is 16.5. The quantitative estimate of drug-likeness (QED) is 0.586. The minimum Gasteiger partial charge on any atom is -0.479 e. The molecule has 0 aromatic rings. The smallest absolute Gasteiger partial charge is 0.335 e. The first kappa shape index (κ1) is 12.7. The molecule has 0 saturated carbocycles. The Hall–Kier alpha value is -0.900. The van der Waals surface area contributed by atoms with Gasteiger partial charge in [-0.3, -0.25) is 0 Å². The fourth-order valence-corrected chi connectivity index (χ4v) is 0. The third-order valence-electron chi connectivity index (χ3n) is 0.523. The Morgan fingerprint density at radius 3 is 1.27 bits per heavy atom. The molecule has 2 N–H and O–H groups in total. The third kappa shape index (κ3) is 17.6. The molecule has 4 nitrogen and oxygen atoms in total. The molecular formula is C7H14O4. The van der Waals surface area contributed by atoms with Crippen molar-refractivity contribution >= 4 is 11.8 Å². The van der Waals surface area contributed by atoms with Gasteiger partial charge in [-0.15, -0.1) is 0 Å². The summed E-state index contributed by atoms with van der Waals surface area (Å²) in [7, 11) is 0. The van der Waals surface area contributed by atoms with E-state index in [1.54, 1.807) is 0 Å². The van der Waals surface area contributed by atoms with Crippen LogP contribution in [0, 0.1) is 0 Å². The van der Waals surface area contributed by atoms with Gasteiger partial charge in [0.1, 0.15) is 5.78 Å². The Balaban J connectivity index is 0. The third-order valence-corrected chi connectivity index (χ3v) is 0.523. The van der Waals surface area contributed by atoms with Gasteiger partial charge in [0.15, 0.2) is 5.60 Å². The summed E-state index contributed by atoms with van der Waals surface area (Å²) in [5.41, 5.74) is -1.58. The number of hydrogen-bond acceptors (Lipinski definition) is 3. The van der Waals surface area contributed by atoms with Crippen LogP contribution >= 0.6 is 0 Å². The SMILES string of the molecule is CC(C)(O)C(=O)O.CC(C)=O. The van der Waals surface area contributed by atoms with Crippen LogP contribution in [0.2, 0.25) is 0 Å². The second-order valence-corrected chi connectivity index (χ2v) is 2.77. The lowest BCUT2D eigenvalue weighted by Crippen LogP contribution is -2.30. The van der Waals surface area contributed by atoms with Crippen LogP contribution in [0.3, 0.4) is 0 Å². The number of hydrogen-bond donors (Lipinski definition) is 2. The Morgan fingerprint density at radius 1 is 1.18 bits per heavy atom. The van der Waals surface area contributed by atoms with Crippen LogP contribution in [0.5, 0.6) is 0 Å². The van der Waals surface area contributed by atoms with E-state index >= 15 is 0 Å². The Kier molecular flexibility index (Phi) is 5.62. The first-order valence-electron chi connectivity index (χ1n) is 3.11. The lowest BCUT2D eigenvalue weighted by atomic mass is 10.1. The number of rotatable bonds is 1. The first-order valence-corrected chi connectivity index (χ1v) is 3.11. The van der Waals surface area contributed by atoms with Crippen LogP contribution in [0.1, 0.15) is 27.7 Å². The molecule has 0 unspecified atom stereocenters. The normalized spacial score (nSPS) is 9.55. The van der Waals surface area contributed by atoms with Gasteiger partial charge in [-0.1, -0.05) is 0 Å². The van der Waals surface area contributed by atoms with E-state index in [-0.39, 0.29) is 5.78 Å². The van der Waals surface area contributed by atoms with E-state index in [0.717, 1.165) is 0 Å². The van der Waals surface area contributed by atoms with E-state index in [0.29, 0.717) is 0 Å². The maximum Gasteiger partial charge on any atom is 0.335 e. The molecule has 0 aromatic heterocycles. The number of aliphatic hydroxyl groups is 1. The zero-order chi connectivity index (χ0) is 9.65. The zero-order valence-corrected chi connectivity index (χ0v) is 7.21. The zero-order valence-electron chi connectivity index (χ0n) is 7.21. The number of carboxylic acid groups (broad SMARTS) is 1. The van der Waals surface area contributed by atoms with Gasteiger partial charge < -0.3 is 15.0 Å². The number of Topliss-reactive ketones (excluding diaryl/α,β-unsaturated/α-hetero) is 1. The van der Waals surface area contributed by atoms with Crippen molar-refractivity contribution in [2.24, 2.45) is 0 Å². The molecule has 0 spiro atoms. The summed E-state index contributed by atoms with van der Waals surface area (Å²) in [4.78, 5) is 19.2. The number of carbonyl (C=O) groups is 2. The summed E-state index contributed by atoms with van der Waals surface area (Å²) in [6.07, 6.45) is 0. The van der Waals surface area contributed by atoms with Crippen LogP contribution in [0.15, 0.2) is 0 Å². The van der Waals surface area contributed by atoms with E-state index in [1.807, 2.05) is 0 Å². The second kappa shape index (κ2) is 4.85. The maximum atomic E-state index is 9.77. The molecule has 0 fully saturated rings. The van der Waals surface area contributed by atoms with Crippen molar-refractivity contribution in [1.29, 1.82) is 0 Å². The standard InChI is InChI=1S/C4H8O3.C3H6O/c1-4(2,7)3(5)6;1-3(2)4/h7H,1-2H3,(H,5,6);1-2H3. The highest BCUT2D eigenvalue weighted by Gasteiger charge is 2.21. The van der Waals surface area contributed by atoms with E-state index in [9.17, 15) is 9.59 Å². The molecule has 0 aliphatic heterocycles. The highest BCUT2D eigenvalue weighted by atomic mass is 16.4. The lowest BCUT2D eigenvalue weighted by Gasteiger charge is -2.07. The van der Waals surface area contributed by atoms with Gasteiger partial charge in [0, 0.05) is 0 Å². The highest BCUT2D eigenvalue weighted by Crippen LogP contribution is 1.97. The van der Waals surface area contributed by atoms with Gasteiger partial charge >= 0.3 is 5.97 Å². The molecule has 0 aliphatic rings. The van der Waals surface area contributed by atoms with Crippen LogP contribution in [-0.4, -0.2) is 27.6 Å². The van der Waals surface area contributed by atoms with E-state index in [4.69, 9.17) is 10.2 Å². The molecule has 0 heterocycles. The van der Waals surface area contributed by atoms with Crippen LogP contribution in [0.25, 0.3) is 0 Å². The summed E-state index contributed by atoms with van der Waals surface area (Å²) in [5.74, 6) is -1.03. The van der Waals surface area contributed by atoms with E-state index < -0.39 is 11.6 Å². The van der Waals surface area contributed by atoms with Crippen LogP contribution < -0.4 is 0 Å². The van der Waals surface area contributed by atoms with Gasteiger partial charge in [0.05, 0.1) is 0 Å². The summed E-state index contributed by atoms with van der Waals surface area (Å²) in [6, 6.07) is 0. The van der Waals surface area contributed by atoms with Gasteiger partial charge in [-0.05, 0) is 27.7 Å².